The number of nitrogens with zero attached hydrogens (tertiary/aromatic N) is 1. The molecule has 3 atom stereocenters. The predicted octanol–water partition coefficient (Wildman–Crippen LogP) is 2.68. The summed E-state index contributed by atoms with van der Waals surface area (Å²) in [7, 11) is 0. The van der Waals surface area contributed by atoms with E-state index in [1.54, 1.807) is 6.92 Å². The van der Waals surface area contributed by atoms with E-state index in [4.69, 9.17) is 0 Å². The van der Waals surface area contributed by atoms with E-state index in [9.17, 15) is 4.79 Å². The molecule has 1 saturated heterocycles. The van der Waals surface area contributed by atoms with Gasteiger partial charge in [-0.3, -0.25) is 4.79 Å². The average Bonchev–Trinajstić information content (AvgIpc) is 2.22. The first-order valence-electron chi connectivity index (χ1n) is 6.24. The summed E-state index contributed by atoms with van der Waals surface area (Å²) in [6.45, 7) is 8.44. The largest absolute Gasteiger partial charge is 0.342 e. The Labute approximate surface area is 93.0 Å². The zero-order valence-corrected chi connectivity index (χ0v) is 10.3. The summed E-state index contributed by atoms with van der Waals surface area (Å²) >= 11 is 0. The maximum atomic E-state index is 11.5. The zero-order valence-electron chi connectivity index (χ0n) is 10.3. The molecule has 2 aliphatic rings. The van der Waals surface area contributed by atoms with Gasteiger partial charge in [-0.2, -0.15) is 0 Å². The number of hydrogen-bond acceptors (Lipinski definition) is 1. The molecule has 1 aliphatic heterocycles. The topological polar surface area (TPSA) is 20.3 Å². The lowest BCUT2D eigenvalue weighted by molar-refractivity contribution is -0.133. The second kappa shape index (κ2) is 3.80. The number of carbonyl (C=O) groups excluding carboxylic acids is 1. The second-order valence-electron chi connectivity index (χ2n) is 6.16. The summed E-state index contributed by atoms with van der Waals surface area (Å²) in [5.41, 5.74) is 0.402. The molecule has 2 nitrogen and oxygen atoms in total. The molecule has 1 aliphatic carbocycles. The monoisotopic (exact) mass is 209 g/mol. The highest BCUT2D eigenvalue weighted by Gasteiger charge is 2.39. The van der Waals surface area contributed by atoms with Crippen LogP contribution in [0.2, 0.25) is 0 Å². The van der Waals surface area contributed by atoms with E-state index in [1.165, 1.54) is 25.7 Å². The minimum Gasteiger partial charge on any atom is -0.342 e. The zero-order chi connectivity index (χ0) is 11.1. The summed E-state index contributed by atoms with van der Waals surface area (Å²) < 4.78 is 0. The third-order valence-electron chi connectivity index (χ3n) is 4.25. The normalized spacial score (nSPS) is 41.1. The van der Waals surface area contributed by atoms with Crippen molar-refractivity contribution in [2.45, 2.75) is 46.5 Å². The van der Waals surface area contributed by atoms with Gasteiger partial charge in [-0.1, -0.05) is 20.3 Å². The molecule has 2 heteroatoms. The highest BCUT2D eigenvalue weighted by atomic mass is 16.2. The highest BCUT2D eigenvalue weighted by Crippen LogP contribution is 2.43. The fourth-order valence-electron chi connectivity index (χ4n) is 3.52. The lowest BCUT2D eigenvalue weighted by Crippen LogP contribution is -2.47. The van der Waals surface area contributed by atoms with Gasteiger partial charge in [-0.05, 0) is 36.5 Å². The molecular formula is C13H23NO. The number of amides is 1. The van der Waals surface area contributed by atoms with E-state index < -0.39 is 0 Å². The van der Waals surface area contributed by atoms with Crippen molar-refractivity contribution in [1.29, 1.82) is 0 Å². The van der Waals surface area contributed by atoms with Gasteiger partial charge >= 0.3 is 0 Å². The summed E-state index contributed by atoms with van der Waals surface area (Å²) in [6.07, 6.45) is 5.30. The number of piperidine rings is 1. The molecule has 0 aromatic rings. The van der Waals surface area contributed by atoms with Crippen molar-refractivity contribution >= 4 is 5.91 Å². The van der Waals surface area contributed by atoms with Gasteiger partial charge in [-0.25, -0.2) is 0 Å². The van der Waals surface area contributed by atoms with E-state index in [1.807, 2.05) is 0 Å². The fourth-order valence-corrected chi connectivity index (χ4v) is 3.52. The molecule has 0 aromatic heterocycles. The van der Waals surface area contributed by atoms with Gasteiger partial charge < -0.3 is 4.90 Å². The van der Waals surface area contributed by atoms with Gasteiger partial charge in [0.15, 0.2) is 0 Å². The first-order chi connectivity index (χ1) is 6.98. The van der Waals surface area contributed by atoms with Crippen LogP contribution in [0.4, 0.5) is 0 Å². The van der Waals surface area contributed by atoms with Gasteiger partial charge in [0.2, 0.25) is 5.91 Å². The minimum atomic E-state index is 0.264. The lowest BCUT2D eigenvalue weighted by Gasteiger charge is -2.42. The van der Waals surface area contributed by atoms with Crippen LogP contribution in [0.25, 0.3) is 0 Å². The third kappa shape index (κ3) is 2.35. The Kier molecular flexibility index (Phi) is 2.78. The van der Waals surface area contributed by atoms with Crippen molar-refractivity contribution in [3.8, 4) is 0 Å². The van der Waals surface area contributed by atoms with Gasteiger partial charge in [0.05, 0.1) is 0 Å². The molecule has 15 heavy (non-hydrogen) atoms. The van der Waals surface area contributed by atoms with Crippen LogP contribution in [0.5, 0.6) is 0 Å². The standard InChI is InChI=1S/C13H23NO/c1-10-4-5-13(3)7-12(6-10)8-14(9-13)11(2)15/h10,12H,4-9H2,1-3H3/t10-,12+,13-/m0/s1. The van der Waals surface area contributed by atoms with Crippen molar-refractivity contribution in [2.24, 2.45) is 17.3 Å². The maximum absolute atomic E-state index is 11.5. The Morgan fingerprint density at radius 2 is 2.20 bits per heavy atom. The van der Waals surface area contributed by atoms with E-state index >= 15 is 0 Å². The smallest absolute Gasteiger partial charge is 0.219 e. The maximum Gasteiger partial charge on any atom is 0.219 e. The molecule has 2 fully saturated rings. The summed E-state index contributed by atoms with van der Waals surface area (Å²) in [5.74, 6) is 1.87. The number of rotatable bonds is 0. The molecule has 86 valence electrons. The average molecular weight is 209 g/mol. The van der Waals surface area contributed by atoms with Crippen LogP contribution in [-0.2, 0) is 4.79 Å². The number of likely N-dealkylation sites (tertiary alicyclic amines) is 1. The summed E-state index contributed by atoms with van der Waals surface area (Å²) in [4.78, 5) is 13.6. The molecule has 0 unspecified atom stereocenters. The quantitative estimate of drug-likeness (QED) is 0.600. The van der Waals surface area contributed by atoms with Gasteiger partial charge in [-0.15, -0.1) is 0 Å². The van der Waals surface area contributed by atoms with Crippen molar-refractivity contribution in [3.63, 3.8) is 0 Å². The molecule has 0 aromatic carbocycles. The first-order valence-corrected chi connectivity index (χ1v) is 6.24. The highest BCUT2D eigenvalue weighted by molar-refractivity contribution is 5.73. The van der Waals surface area contributed by atoms with Crippen molar-refractivity contribution in [1.82, 2.24) is 4.90 Å². The predicted molar refractivity (Wildman–Crippen MR) is 61.5 cm³/mol. The summed E-state index contributed by atoms with van der Waals surface area (Å²) in [5, 5.41) is 0. The molecule has 1 saturated carbocycles. The Balaban J connectivity index is 2.14. The van der Waals surface area contributed by atoms with Crippen LogP contribution in [0, 0.1) is 17.3 Å². The van der Waals surface area contributed by atoms with Crippen LogP contribution >= 0.6 is 0 Å². The first kappa shape index (κ1) is 11.0. The van der Waals surface area contributed by atoms with Gasteiger partial charge in [0.25, 0.3) is 0 Å². The van der Waals surface area contributed by atoms with E-state index in [0.29, 0.717) is 5.41 Å². The van der Waals surface area contributed by atoms with Crippen LogP contribution in [-0.4, -0.2) is 23.9 Å². The number of hydrogen-bond donors (Lipinski definition) is 0. The van der Waals surface area contributed by atoms with Crippen molar-refractivity contribution in [2.75, 3.05) is 13.1 Å². The van der Waals surface area contributed by atoms with E-state index in [0.717, 1.165) is 24.9 Å². The molecule has 0 N–H and O–H groups in total. The number of fused-ring (bicyclic) bond motifs is 2. The molecule has 2 rings (SSSR count). The Morgan fingerprint density at radius 3 is 2.87 bits per heavy atom. The number of carbonyl (C=O) groups is 1. The second-order valence-corrected chi connectivity index (χ2v) is 6.16. The van der Waals surface area contributed by atoms with Crippen LogP contribution in [0.1, 0.15) is 46.5 Å². The Bertz CT molecular complexity index is 263. The molecular weight excluding hydrogens is 186 g/mol. The minimum absolute atomic E-state index is 0.264. The molecule has 0 spiro atoms. The Morgan fingerprint density at radius 1 is 1.47 bits per heavy atom. The van der Waals surface area contributed by atoms with E-state index in [-0.39, 0.29) is 5.91 Å². The van der Waals surface area contributed by atoms with Crippen molar-refractivity contribution in [3.05, 3.63) is 0 Å². The fraction of sp³-hybridized carbons (Fsp3) is 0.923. The van der Waals surface area contributed by atoms with Crippen LogP contribution in [0.15, 0.2) is 0 Å². The van der Waals surface area contributed by atoms with Crippen LogP contribution in [0.3, 0.4) is 0 Å². The lowest BCUT2D eigenvalue weighted by atomic mass is 9.75. The molecule has 1 heterocycles. The van der Waals surface area contributed by atoms with Crippen LogP contribution < -0.4 is 0 Å². The van der Waals surface area contributed by atoms with E-state index in [2.05, 4.69) is 18.7 Å². The van der Waals surface area contributed by atoms with Gasteiger partial charge in [0.1, 0.15) is 0 Å². The third-order valence-corrected chi connectivity index (χ3v) is 4.25. The van der Waals surface area contributed by atoms with Crippen molar-refractivity contribution < 1.29 is 4.79 Å². The molecule has 2 bridgehead atoms. The molecule has 1 amide bonds. The summed E-state index contributed by atoms with van der Waals surface area (Å²) in [6, 6.07) is 0. The molecule has 0 radical (unpaired) electrons. The Hall–Kier alpha value is -0.530. The SMILES string of the molecule is CC(=O)N1C[C@@H]2C[C@@H](C)CC[C@@](C)(C2)C1. The van der Waals surface area contributed by atoms with Gasteiger partial charge in [0, 0.05) is 20.0 Å².